The summed E-state index contributed by atoms with van der Waals surface area (Å²) in [5.74, 6) is -2.18. The number of carbonyl (C=O) groups excluding carboxylic acids is 1. The summed E-state index contributed by atoms with van der Waals surface area (Å²) in [5.41, 5.74) is 0.557. The van der Waals surface area contributed by atoms with Gasteiger partial charge in [0.25, 0.3) is 0 Å². The lowest BCUT2D eigenvalue weighted by Crippen LogP contribution is -2.37. The number of halogens is 3. The van der Waals surface area contributed by atoms with Crippen LogP contribution < -0.4 is 15.0 Å². The number of benzene rings is 1. The molecule has 0 amide bonds. The van der Waals surface area contributed by atoms with E-state index in [1.54, 1.807) is 13.1 Å². The molecule has 0 saturated carbocycles. The molecule has 0 unspecified atom stereocenters. The molecule has 0 aliphatic carbocycles. The van der Waals surface area contributed by atoms with E-state index in [-0.39, 0.29) is 22.8 Å². The SMILES string of the molecule is CC(C)N[C@H]1CCN(c2ncc(-c3ccc(-c4nnn(C)n4)cc3OC(=O)C(F)(F)F)nn2)C1. The van der Waals surface area contributed by atoms with E-state index >= 15 is 0 Å². The van der Waals surface area contributed by atoms with E-state index in [9.17, 15) is 18.0 Å². The van der Waals surface area contributed by atoms with Gasteiger partial charge in [-0.25, -0.2) is 9.78 Å². The van der Waals surface area contributed by atoms with Crippen molar-refractivity contribution in [2.75, 3.05) is 18.0 Å². The zero-order chi connectivity index (χ0) is 24.5. The van der Waals surface area contributed by atoms with Crippen molar-refractivity contribution in [1.29, 1.82) is 0 Å². The molecule has 11 nitrogen and oxygen atoms in total. The molecule has 1 aliphatic rings. The monoisotopic (exact) mass is 477 g/mol. The lowest BCUT2D eigenvalue weighted by atomic mass is 10.1. The Morgan fingerprint density at radius 1 is 1.24 bits per heavy atom. The van der Waals surface area contributed by atoms with Gasteiger partial charge >= 0.3 is 12.1 Å². The van der Waals surface area contributed by atoms with E-state index in [1.165, 1.54) is 23.1 Å². The van der Waals surface area contributed by atoms with Crippen molar-refractivity contribution in [2.45, 2.75) is 38.5 Å². The molecule has 1 aliphatic heterocycles. The average Bonchev–Trinajstić information content (AvgIpc) is 3.42. The summed E-state index contributed by atoms with van der Waals surface area (Å²) in [7, 11) is 1.54. The number of anilines is 1. The number of rotatable bonds is 6. The standard InChI is InChI=1S/C20H22F3N9O2/c1-11(2)25-13-6-7-32(10-13)19-24-9-15(26-28-19)14-5-4-12(17-27-30-31(3)29-17)8-16(14)34-18(33)20(21,22)23/h4-5,8-9,11,13,25H,6-7,10H2,1-3H3/t13-/m0/s1. The second-order valence-corrected chi connectivity index (χ2v) is 8.10. The number of esters is 1. The minimum atomic E-state index is -5.18. The fourth-order valence-corrected chi connectivity index (χ4v) is 3.60. The molecule has 0 spiro atoms. The average molecular weight is 477 g/mol. The first-order valence-corrected chi connectivity index (χ1v) is 10.5. The Kier molecular flexibility index (Phi) is 6.41. The minimum Gasteiger partial charge on any atom is -0.419 e. The maximum Gasteiger partial charge on any atom is 0.491 e. The topological polar surface area (TPSA) is 124 Å². The zero-order valence-corrected chi connectivity index (χ0v) is 18.6. The Hall–Kier alpha value is -3.68. The predicted octanol–water partition coefficient (Wildman–Crippen LogP) is 1.77. The third-order valence-electron chi connectivity index (χ3n) is 5.05. The van der Waals surface area contributed by atoms with Gasteiger partial charge in [0, 0.05) is 36.3 Å². The molecule has 4 rings (SSSR count). The minimum absolute atomic E-state index is 0.109. The van der Waals surface area contributed by atoms with Gasteiger partial charge in [-0.15, -0.1) is 20.4 Å². The number of carbonyl (C=O) groups is 1. The summed E-state index contributed by atoms with van der Waals surface area (Å²) in [4.78, 5) is 19.0. The number of hydrogen-bond donors (Lipinski definition) is 1. The molecule has 0 bridgehead atoms. The number of aromatic nitrogens is 7. The molecule has 1 saturated heterocycles. The number of aryl methyl sites for hydroxylation is 1. The maximum absolute atomic E-state index is 12.9. The first-order chi connectivity index (χ1) is 16.1. The van der Waals surface area contributed by atoms with Crippen LogP contribution in [0.4, 0.5) is 19.1 Å². The summed E-state index contributed by atoms with van der Waals surface area (Å²) >= 11 is 0. The van der Waals surface area contributed by atoms with Crippen molar-refractivity contribution in [1.82, 2.24) is 40.7 Å². The molecule has 2 aromatic heterocycles. The Balaban J connectivity index is 1.61. The van der Waals surface area contributed by atoms with Crippen molar-refractivity contribution in [3.05, 3.63) is 24.4 Å². The van der Waals surface area contributed by atoms with Gasteiger partial charge in [-0.05, 0) is 23.8 Å². The van der Waals surface area contributed by atoms with E-state index in [0.29, 0.717) is 30.1 Å². The summed E-state index contributed by atoms with van der Waals surface area (Å²) in [6.07, 6.45) is -2.87. The van der Waals surface area contributed by atoms with Crippen molar-refractivity contribution < 1.29 is 22.7 Å². The van der Waals surface area contributed by atoms with Gasteiger partial charge in [0.15, 0.2) is 0 Å². The second kappa shape index (κ2) is 9.29. The quantitative estimate of drug-likeness (QED) is 0.415. The van der Waals surface area contributed by atoms with Gasteiger partial charge in [0.1, 0.15) is 11.4 Å². The Morgan fingerprint density at radius 2 is 2.03 bits per heavy atom. The first-order valence-electron chi connectivity index (χ1n) is 10.5. The molecular formula is C20H22F3N9O2. The zero-order valence-electron chi connectivity index (χ0n) is 18.6. The third kappa shape index (κ3) is 5.27. The highest BCUT2D eigenvalue weighted by Crippen LogP contribution is 2.34. The molecule has 1 atom stereocenters. The number of nitrogens with zero attached hydrogens (tertiary/aromatic N) is 8. The Labute approximate surface area is 192 Å². The largest absolute Gasteiger partial charge is 0.491 e. The summed E-state index contributed by atoms with van der Waals surface area (Å²) < 4.78 is 43.3. The number of hydrogen-bond acceptors (Lipinski definition) is 10. The van der Waals surface area contributed by atoms with Crippen LogP contribution in [-0.4, -0.2) is 72.7 Å². The van der Waals surface area contributed by atoms with E-state index in [2.05, 4.69) is 54.5 Å². The summed E-state index contributed by atoms with van der Waals surface area (Å²) in [5, 5.41) is 23.3. The molecule has 180 valence electrons. The van der Waals surface area contributed by atoms with Crippen LogP contribution in [0.2, 0.25) is 0 Å². The predicted molar refractivity (Wildman–Crippen MR) is 114 cm³/mol. The molecule has 3 heterocycles. The normalized spacial score (nSPS) is 16.3. The smallest absolute Gasteiger partial charge is 0.419 e. The van der Waals surface area contributed by atoms with Crippen LogP contribution in [0.15, 0.2) is 24.4 Å². The summed E-state index contributed by atoms with van der Waals surface area (Å²) in [6.45, 7) is 5.61. The van der Waals surface area contributed by atoms with Crippen molar-refractivity contribution in [2.24, 2.45) is 7.05 Å². The van der Waals surface area contributed by atoms with Gasteiger partial charge in [0.2, 0.25) is 11.8 Å². The van der Waals surface area contributed by atoms with Crippen LogP contribution in [0.25, 0.3) is 22.6 Å². The first kappa shape index (κ1) is 23.5. The lowest BCUT2D eigenvalue weighted by molar-refractivity contribution is -0.189. The molecule has 1 fully saturated rings. The van der Waals surface area contributed by atoms with E-state index in [0.717, 1.165) is 13.0 Å². The van der Waals surface area contributed by atoms with Crippen molar-refractivity contribution in [3.63, 3.8) is 0 Å². The van der Waals surface area contributed by atoms with Gasteiger partial charge in [0.05, 0.1) is 13.2 Å². The van der Waals surface area contributed by atoms with Gasteiger partial charge < -0.3 is 15.0 Å². The fraction of sp³-hybridized carbons (Fsp3) is 0.450. The molecular weight excluding hydrogens is 455 g/mol. The van der Waals surface area contributed by atoms with Crippen LogP contribution in [0.1, 0.15) is 20.3 Å². The number of tetrazole rings is 1. The molecule has 34 heavy (non-hydrogen) atoms. The van der Waals surface area contributed by atoms with Crippen LogP contribution in [0.3, 0.4) is 0 Å². The highest BCUT2D eigenvalue weighted by Gasteiger charge is 2.42. The highest BCUT2D eigenvalue weighted by atomic mass is 19.4. The highest BCUT2D eigenvalue weighted by molar-refractivity contribution is 5.82. The van der Waals surface area contributed by atoms with Gasteiger partial charge in [-0.1, -0.05) is 19.9 Å². The molecule has 1 N–H and O–H groups in total. The van der Waals surface area contributed by atoms with Crippen LogP contribution in [0, 0.1) is 0 Å². The lowest BCUT2D eigenvalue weighted by Gasteiger charge is -2.18. The Morgan fingerprint density at radius 3 is 2.65 bits per heavy atom. The molecule has 3 aromatic rings. The summed E-state index contributed by atoms with van der Waals surface area (Å²) in [6, 6.07) is 4.86. The van der Waals surface area contributed by atoms with E-state index in [1.807, 2.05) is 4.90 Å². The van der Waals surface area contributed by atoms with E-state index < -0.39 is 12.1 Å². The van der Waals surface area contributed by atoms with Gasteiger partial charge in [-0.3, -0.25) is 0 Å². The maximum atomic E-state index is 12.9. The number of ether oxygens (including phenoxy) is 1. The number of nitrogens with one attached hydrogen (secondary N) is 1. The third-order valence-corrected chi connectivity index (χ3v) is 5.05. The number of alkyl halides is 3. The Bertz CT molecular complexity index is 1160. The van der Waals surface area contributed by atoms with Crippen LogP contribution >= 0.6 is 0 Å². The molecule has 14 heteroatoms. The fourth-order valence-electron chi connectivity index (χ4n) is 3.60. The second-order valence-electron chi connectivity index (χ2n) is 8.10. The van der Waals surface area contributed by atoms with E-state index in [4.69, 9.17) is 0 Å². The molecule has 0 radical (unpaired) electrons. The van der Waals surface area contributed by atoms with Crippen molar-refractivity contribution in [3.8, 4) is 28.4 Å². The van der Waals surface area contributed by atoms with Crippen LogP contribution in [-0.2, 0) is 11.8 Å². The molecule has 1 aromatic carbocycles. The van der Waals surface area contributed by atoms with Crippen LogP contribution in [0.5, 0.6) is 5.75 Å². The van der Waals surface area contributed by atoms with Crippen molar-refractivity contribution >= 4 is 11.9 Å². The van der Waals surface area contributed by atoms with Gasteiger partial charge in [-0.2, -0.15) is 18.0 Å².